The van der Waals surface area contributed by atoms with Crippen molar-refractivity contribution in [2.75, 3.05) is 11.9 Å². The van der Waals surface area contributed by atoms with Crippen LogP contribution in [0.2, 0.25) is 0 Å². The Kier molecular flexibility index (Phi) is 6.01. The lowest BCUT2D eigenvalue weighted by Crippen LogP contribution is -2.17. The maximum Gasteiger partial charge on any atom is 0.266 e. The van der Waals surface area contributed by atoms with E-state index in [1.165, 1.54) is 0 Å². The van der Waals surface area contributed by atoms with E-state index < -0.39 is 5.91 Å². The minimum atomic E-state index is -0.394. The van der Waals surface area contributed by atoms with E-state index in [1.807, 2.05) is 58.0 Å². The van der Waals surface area contributed by atoms with Gasteiger partial charge in [-0.25, -0.2) is 0 Å². The Hall–Kier alpha value is -2.84. The fourth-order valence-electron chi connectivity index (χ4n) is 3.57. The smallest absolute Gasteiger partial charge is 0.266 e. The zero-order valence-electron chi connectivity index (χ0n) is 17.0. The third kappa shape index (κ3) is 4.35. The van der Waals surface area contributed by atoms with Gasteiger partial charge >= 0.3 is 0 Å². The molecule has 0 bridgehead atoms. The number of anilines is 1. The number of nitrogens with zero attached hydrogens (tertiary/aromatic N) is 2. The first-order valence-corrected chi connectivity index (χ1v) is 9.67. The normalized spacial score (nSPS) is 16.8. The summed E-state index contributed by atoms with van der Waals surface area (Å²) in [4.78, 5) is 12.6. The molecule has 1 amide bonds. The van der Waals surface area contributed by atoms with Crippen molar-refractivity contribution in [2.24, 2.45) is 0 Å². The summed E-state index contributed by atoms with van der Waals surface area (Å²) in [6.07, 6.45) is 4.09. The molecule has 3 rings (SSSR count). The second-order valence-electron chi connectivity index (χ2n) is 7.50. The lowest BCUT2D eigenvalue weighted by molar-refractivity contribution is -0.112. The molecule has 1 aliphatic heterocycles. The van der Waals surface area contributed by atoms with Crippen LogP contribution in [-0.2, 0) is 16.1 Å². The number of aromatic nitrogens is 1. The second kappa shape index (κ2) is 8.45. The van der Waals surface area contributed by atoms with Gasteiger partial charge in [-0.3, -0.25) is 4.79 Å². The molecule has 1 atom stereocenters. The molecule has 1 aliphatic rings. The molecule has 1 unspecified atom stereocenters. The van der Waals surface area contributed by atoms with Crippen LogP contribution in [0.25, 0.3) is 6.08 Å². The number of amides is 1. The Morgan fingerprint density at radius 2 is 2.07 bits per heavy atom. The summed E-state index contributed by atoms with van der Waals surface area (Å²) in [6.45, 7) is 9.71. The van der Waals surface area contributed by atoms with Crippen LogP contribution in [0.1, 0.15) is 40.9 Å². The van der Waals surface area contributed by atoms with E-state index in [4.69, 9.17) is 4.74 Å². The predicted octanol–water partition coefficient (Wildman–Crippen LogP) is 4.45. The number of aryl methyl sites for hydroxylation is 3. The number of hydrogen-bond acceptors (Lipinski definition) is 3. The molecule has 146 valence electrons. The van der Waals surface area contributed by atoms with Crippen LogP contribution in [0.15, 0.2) is 29.8 Å². The third-order valence-electron chi connectivity index (χ3n) is 5.45. The lowest BCUT2D eigenvalue weighted by Gasteiger charge is -2.14. The van der Waals surface area contributed by atoms with Crippen molar-refractivity contribution in [1.82, 2.24) is 4.57 Å². The lowest BCUT2D eigenvalue weighted by atomic mass is 10.1. The minimum Gasteiger partial charge on any atom is -0.376 e. The SMILES string of the molecule is Cc1ccc(NC(=O)/C(C#N)=C/c2cc(C)n(CC3CCCO3)c2C)cc1C. The molecule has 1 fully saturated rings. The van der Waals surface area contributed by atoms with E-state index in [1.54, 1.807) is 6.08 Å². The van der Waals surface area contributed by atoms with Gasteiger partial charge < -0.3 is 14.6 Å². The van der Waals surface area contributed by atoms with Crippen molar-refractivity contribution < 1.29 is 9.53 Å². The van der Waals surface area contributed by atoms with Gasteiger partial charge in [0.15, 0.2) is 0 Å². The number of nitrogens with one attached hydrogen (secondary N) is 1. The van der Waals surface area contributed by atoms with Crippen LogP contribution in [0.3, 0.4) is 0 Å². The summed E-state index contributed by atoms with van der Waals surface area (Å²) in [5, 5.41) is 12.3. The van der Waals surface area contributed by atoms with Gasteiger partial charge in [0.1, 0.15) is 11.6 Å². The molecule has 2 heterocycles. The standard InChI is InChI=1S/C23H27N3O2/c1-15-7-8-21(10-16(15)2)25-23(27)20(13-24)12-19-11-17(3)26(18(19)4)14-22-6-5-9-28-22/h7-8,10-12,22H,5-6,9,14H2,1-4H3,(H,25,27)/b20-12+. The summed E-state index contributed by atoms with van der Waals surface area (Å²) in [5.41, 5.74) is 6.08. The van der Waals surface area contributed by atoms with Gasteiger partial charge in [0.2, 0.25) is 0 Å². The maximum absolute atomic E-state index is 12.6. The van der Waals surface area contributed by atoms with Gasteiger partial charge in [-0.15, -0.1) is 0 Å². The van der Waals surface area contributed by atoms with Crippen molar-refractivity contribution >= 4 is 17.7 Å². The summed E-state index contributed by atoms with van der Waals surface area (Å²) in [5.74, 6) is -0.394. The van der Waals surface area contributed by atoms with E-state index in [0.717, 1.165) is 54.1 Å². The number of carbonyl (C=O) groups is 1. The molecular formula is C23H27N3O2. The molecule has 5 nitrogen and oxygen atoms in total. The van der Waals surface area contributed by atoms with E-state index in [0.29, 0.717) is 5.69 Å². The predicted molar refractivity (Wildman–Crippen MR) is 111 cm³/mol. The van der Waals surface area contributed by atoms with Crippen LogP contribution < -0.4 is 5.32 Å². The Bertz CT molecular complexity index is 957. The van der Waals surface area contributed by atoms with Crippen molar-refractivity contribution in [3.8, 4) is 6.07 Å². The molecule has 0 saturated carbocycles. The van der Waals surface area contributed by atoms with Gasteiger partial charge in [-0.2, -0.15) is 5.26 Å². The van der Waals surface area contributed by atoms with Gasteiger partial charge in [0.25, 0.3) is 5.91 Å². The van der Waals surface area contributed by atoms with Crippen molar-refractivity contribution in [2.45, 2.75) is 53.2 Å². The molecule has 28 heavy (non-hydrogen) atoms. The summed E-state index contributed by atoms with van der Waals surface area (Å²) >= 11 is 0. The quantitative estimate of drug-likeness (QED) is 0.618. The summed E-state index contributed by atoms with van der Waals surface area (Å²) in [6, 6.07) is 9.78. The van der Waals surface area contributed by atoms with Crippen LogP contribution in [0.4, 0.5) is 5.69 Å². The van der Waals surface area contributed by atoms with Gasteiger partial charge in [-0.1, -0.05) is 6.07 Å². The molecule has 1 saturated heterocycles. The van der Waals surface area contributed by atoms with Crippen LogP contribution in [0, 0.1) is 39.0 Å². The van der Waals surface area contributed by atoms with Gasteiger partial charge in [0.05, 0.1) is 6.10 Å². The van der Waals surface area contributed by atoms with Crippen LogP contribution in [-0.4, -0.2) is 23.2 Å². The summed E-state index contributed by atoms with van der Waals surface area (Å²) < 4.78 is 7.95. The molecular weight excluding hydrogens is 350 g/mol. The number of hydrogen-bond donors (Lipinski definition) is 1. The highest BCUT2D eigenvalue weighted by Gasteiger charge is 2.19. The zero-order chi connectivity index (χ0) is 20.3. The maximum atomic E-state index is 12.6. The van der Waals surface area contributed by atoms with E-state index in [-0.39, 0.29) is 11.7 Å². The second-order valence-corrected chi connectivity index (χ2v) is 7.50. The Labute approximate surface area is 166 Å². The number of benzene rings is 1. The van der Waals surface area contributed by atoms with E-state index in [9.17, 15) is 10.1 Å². The molecule has 0 radical (unpaired) electrons. The number of carbonyl (C=O) groups excluding carboxylic acids is 1. The van der Waals surface area contributed by atoms with E-state index in [2.05, 4.69) is 9.88 Å². The van der Waals surface area contributed by atoms with Crippen molar-refractivity contribution in [3.63, 3.8) is 0 Å². The fourth-order valence-corrected chi connectivity index (χ4v) is 3.57. The highest BCUT2D eigenvalue weighted by Crippen LogP contribution is 2.22. The molecule has 1 N–H and O–H groups in total. The van der Waals surface area contributed by atoms with Gasteiger partial charge in [0, 0.05) is 30.2 Å². The van der Waals surface area contributed by atoms with Crippen LogP contribution in [0.5, 0.6) is 0 Å². The fraction of sp³-hybridized carbons (Fsp3) is 0.391. The highest BCUT2D eigenvalue weighted by atomic mass is 16.5. The highest BCUT2D eigenvalue weighted by molar-refractivity contribution is 6.09. The van der Waals surface area contributed by atoms with Gasteiger partial charge in [-0.05, 0) is 81.5 Å². The molecule has 5 heteroatoms. The molecule has 0 spiro atoms. The Balaban J connectivity index is 1.80. The average molecular weight is 377 g/mol. The number of nitriles is 1. The first-order valence-electron chi connectivity index (χ1n) is 9.67. The van der Waals surface area contributed by atoms with Crippen molar-refractivity contribution in [1.29, 1.82) is 5.26 Å². The Morgan fingerprint density at radius 3 is 2.71 bits per heavy atom. The topological polar surface area (TPSA) is 67.0 Å². The number of rotatable bonds is 5. The minimum absolute atomic E-state index is 0.0931. The zero-order valence-corrected chi connectivity index (χ0v) is 17.0. The Morgan fingerprint density at radius 1 is 1.29 bits per heavy atom. The van der Waals surface area contributed by atoms with Crippen LogP contribution >= 0.6 is 0 Å². The molecule has 2 aromatic rings. The first kappa shape index (κ1) is 19.9. The molecule has 1 aromatic heterocycles. The first-order chi connectivity index (χ1) is 13.4. The third-order valence-corrected chi connectivity index (χ3v) is 5.45. The largest absolute Gasteiger partial charge is 0.376 e. The number of ether oxygens (including phenoxy) is 1. The molecule has 1 aromatic carbocycles. The average Bonchev–Trinajstić information content (AvgIpc) is 3.26. The van der Waals surface area contributed by atoms with E-state index >= 15 is 0 Å². The monoisotopic (exact) mass is 377 g/mol. The van der Waals surface area contributed by atoms with Crippen molar-refractivity contribution in [3.05, 3.63) is 57.9 Å². The summed E-state index contributed by atoms with van der Waals surface area (Å²) in [7, 11) is 0. The molecule has 0 aliphatic carbocycles.